The molecule has 9 heteroatoms. The number of nitrogens with one attached hydrogen (secondary N) is 1. The molecule has 1 unspecified atom stereocenters. The van der Waals surface area contributed by atoms with Gasteiger partial charge in [0.2, 0.25) is 0 Å². The summed E-state index contributed by atoms with van der Waals surface area (Å²) in [4.78, 5) is 39.1. The van der Waals surface area contributed by atoms with Gasteiger partial charge in [0.25, 0.3) is 5.56 Å². The van der Waals surface area contributed by atoms with Crippen LogP contribution in [0.25, 0.3) is 10.9 Å². The fourth-order valence-electron chi connectivity index (χ4n) is 5.87. The third-order valence-electron chi connectivity index (χ3n) is 7.65. The molecule has 1 aromatic carbocycles. The molecule has 5 rings (SSSR count). The van der Waals surface area contributed by atoms with Gasteiger partial charge in [-0.1, -0.05) is 0 Å². The fourth-order valence-corrected chi connectivity index (χ4v) is 5.87. The second-order valence-electron chi connectivity index (χ2n) is 11.3. The lowest BCUT2D eigenvalue weighted by molar-refractivity contribution is 0.0477. The smallest absolute Gasteiger partial charge is 0.408 e. The van der Waals surface area contributed by atoms with Gasteiger partial charge in [-0.3, -0.25) is 4.79 Å². The summed E-state index contributed by atoms with van der Waals surface area (Å²) in [5.41, 5.74) is 0.102. The number of hydrogen-bond donors (Lipinski definition) is 2. The van der Waals surface area contributed by atoms with Gasteiger partial charge in [-0.25, -0.2) is 14.0 Å². The van der Waals surface area contributed by atoms with E-state index in [0.717, 1.165) is 24.8 Å². The Balaban J connectivity index is 1.49. The summed E-state index contributed by atoms with van der Waals surface area (Å²) in [7, 11) is 0. The van der Waals surface area contributed by atoms with Crippen LogP contribution in [0.3, 0.4) is 0 Å². The highest BCUT2D eigenvalue weighted by Gasteiger charge is 2.53. The Morgan fingerprint density at radius 2 is 1.94 bits per heavy atom. The van der Waals surface area contributed by atoms with Crippen molar-refractivity contribution in [3.8, 4) is 0 Å². The van der Waals surface area contributed by atoms with E-state index in [0.29, 0.717) is 42.5 Å². The lowest BCUT2D eigenvalue weighted by Crippen LogP contribution is -2.46. The molecule has 0 bridgehead atoms. The average Bonchev–Trinajstić information content (AvgIpc) is 3.34. The van der Waals surface area contributed by atoms with Crippen molar-refractivity contribution in [2.45, 2.75) is 77.0 Å². The third kappa shape index (κ3) is 4.04. The van der Waals surface area contributed by atoms with Crippen molar-refractivity contribution in [1.29, 1.82) is 0 Å². The molecule has 3 aliphatic rings. The van der Waals surface area contributed by atoms with E-state index in [4.69, 9.17) is 4.74 Å². The minimum Gasteiger partial charge on any atom is -0.477 e. The highest BCUT2D eigenvalue weighted by Crippen LogP contribution is 2.48. The average molecular weight is 486 g/mol. The number of ether oxygens (including phenoxy) is 1. The van der Waals surface area contributed by atoms with Gasteiger partial charge in [0.1, 0.15) is 17.0 Å². The molecule has 0 spiro atoms. The van der Waals surface area contributed by atoms with Gasteiger partial charge >= 0.3 is 12.1 Å². The predicted octanol–water partition coefficient (Wildman–Crippen LogP) is 4.23. The molecule has 1 amide bonds. The molecule has 8 nitrogen and oxygen atoms in total. The molecule has 1 saturated heterocycles. The molecule has 3 heterocycles. The van der Waals surface area contributed by atoms with E-state index in [9.17, 15) is 19.5 Å². The molecular formula is C26H32FN3O5. The van der Waals surface area contributed by atoms with Crippen molar-refractivity contribution in [2.24, 2.45) is 5.92 Å². The van der Waals surface area contributed by atoms with E-state index in [1.54, 1.807) is 0 Å². The number of nitrogens with zero attached hydrogens (tertiary/aromatic N) is 2. The number of carbonyl (C=O) groups is 2. The maximum absolute atomic E-state index is 15.6. The van der Waals surface area contributed by atoms with Crippen molar-refractivity contribution in [3.05, 3.63) is 39.4 Å². The number of carboxylic acids is 1. The Labute approximate surface area is 203 Å². The maximum Gasteiger partial charge on any atom is 0.408 e. The Morgan fingerprint density at radius 1 is 1.23 bits per heavy atom. The summed E-state index contributed by atoms with van der Waals surface area (Å²) in [6, 6.07) is 2.48. The van der Waals surface area contributed by atoms with E-state index in [2.05, 4.69) is 5.32 Å². The number of anilines is 1. The molecule has 0 radical (unpaired) electrons. The van der Waals surface area contributed by atoms with Gasteiger partial charge in [0.15, 0.2) is 0 Å². The van der Waals surface area contributed by atoms with Crippen molar-refractivity contribution < 1.29 is 23.8 Å². The molecule has 2 fully saturated rings. The lowest BCUT2D eigenvalue weighted by atomic mass is 9.93. The Morgan fingerprint density at radius 3 is 2.57 bits per heavy atom. The van der Waals surface area contributed by atoms with E-state index in [1.165, 1.54) is 16.7 Å². The molecule has 35 heavy (non-hydrogen) atoms. The quantitative estimate of drug-likeness (QED) is 0.672. The number of amides is 1. The zero-order chi connectivity index (χ0) is 25.3. The number of benzene rings is 1. The Bertz CT molecular complexity index is 1290. The van der Waals surface area contributed by atoms with Crippen LogP contribution in [0.2, 0.25) is 0 Å². The highest BCUT2D eigenvalue weighted by molar-refractivity contribution is 5.95. The molecule has 1 aliphatic carbocycles. The first kappa shape index (κ1) is 23.6. The zero-order valence-corrected chi connectivity index (χ0v) is 20.6. The first-order chi connectivity index (χ1) is 16.4. The molecule has 2 aliphatic heterocycles. The number of rotatable bonds is 4. The van der Waals surface area contributed by atoms with Crippen LogP contribution in [0.1, 0.15) is 75.3 Å². The molecule has 2 aromatic rings. The molecule has 2 atom stereocenters. The van der Waals surface area contributed by atoms with Crippen molar-refractivity contribution in [1.82, 2.24) is 9.88 Å². The molecule has 1 aromatic heterocycles. The molecular weight excluding hydrogens is 453 g/mol. The van der Waals surface area contributed by atoms with E-state index in [1.807, 2.05) is 32.6 Å². The van der Waals surface area contributed by atoms with Gasteiger partial charge in [-0.2, -0.15) is 0 Å². The van der Waals surface area contributed by atoms with Gasteiger partial charge in [-0.15, -0.1) is 0 Å². The number of hydrogen-bond acceptors (Lipinski definition) is 5. The number of aryl methyl sites for hydroxylation is 1. The predicted molar refractivity (Wildman–Crippen MR) is 130 cm³/mol. The van der Waals surface area contributed by atoms with Gasteiger partial charge in [-0.05, 0) is 71.9 Å². The van der Waals surface area contributed by atoms with Crippen LogP contribution >= 0.6 is 0 Å². The number of alkyl carbamates (subject to hydrolysis) is 1. The minimum atomic E-state index is -1.31. The number of carbonyl (C=O) groups excluding carboxylic acids is 1. The van der Waals surface area contributed by atoms with E-state index >= 15 is 4.39 Å². The summed E-state index contributed by atoms with van der Waals surface area (Å²) < 4.78 is 22.6. The topological polar surface area (TPSA) is 101 Å². The summed E-state index contributed by atoms with van der Waals surface area (Å²) in [6.07, 6.45) is 3.36. The van der Waals surface area contributed by atoms with Crippen molar-refractivity contribution in [2.75, 3.05) is 18.0 Å². The minimum absolute atomic E-state index is 0.163. The zero-order valence-electron chi connectivity index (χ0n) is 20.6. The van der Waals surface area contributed by atoms with Crippen LogP contribution in [0.4, 0.5) is 14.9 Å². The van der Waals surface area contributed by atoms with Crippen molar-refractivity contribution >= 4 is 28.7 Å². The number of aromatic nitrogens is 1. The highest BCUT2D eigenvalue weighted by atomic mass is 19.1. The molecule has 188 valence electrons. The van der Waals surface area contributed by atoms with Crippen LogP contribution in [0.15, 0.2) is 16.9 Å². The second kappa shape index (κ2) is 7.96. The van der Waals surface area contributed by atoms with Crippen molar-refractivity contribution in [3.63, 3.8) is 0 Å². The summed E-state index contributed by atoms with van der Waals surface area (Å²) in [6.45, 7) is 8.62. The van der Waals surface area contributed by atoms with E-state index in [-0.39, 0.29) is 23.1 Å². The lowest BCUT2D eigenvalue weighted by Gasteiger charge is -2.31. The first-order valence-corrected chi connectivity index (χ1v) is 12.3. The summed E-state index contributed by atoms with van der Waals surface area (Å²) in [5, 5.41) is 13.0. The first-order valence-electron chi connectivity index (χ1n) is 12.3. The summed E-state index contributed by atoms with van der Waals surface area (Å²) in [5.74, 6) is -1.55. The van der Waals surface area contributed by atoms with E-state index < -0.39 is 29.0 Å². The second-order valence-corrected chi connectivity index (χ2v) is 11.3. The van der Waals surface area contributed by atoms with Crippen LogP contribution in [0.5, 0.6) is 0 Å². The van der Waals surface area contributed by atoms with Gasteiger partial charge in [0, 0.05) is 41.5 Å². The Kier molecular flexibility index (Phi) is 5.38. The Hall–Kier alpha value is -3.10. The van der Waals surface area contributed by atoms with Crippen LogP contribution in [-0.2, 0) is 11.2 Å². The standard InChI is InChI=1S/C26H32FN3O5/c1-14-5-6-17-20-15(11-18(23(32)33)22(31)30(14)20)12-19(27)21(17)29-10-7-16(13-29)26(8-9-26)28-24(34)35-25(2,3)4/h11-12,14,16H,5-10,13H2,1-4H3,(H,28,34)(H,32,33)/t14?,16-/m1/s1. The van der Waals surface area contributed by atoms with Gasteiger partial charge < -0.3 is 24.6 Å². The van der Waals surface area contributed by atoms with Crippen LogP contribution in [0, 0.1) is 11.7 Å². The van der Waals surface area contributed by atoms with Crippen LogP contribution in [-0.4, -0.2) is 46.0 Å². The number of carboxylic acid groups (broad SMARTS) is 1. The number of aromatic carboxylic acids is 1. The normalized spacial score (nSPS) is 22.8. The third-order valence-corrected chi connectivity index (χ3v) is 7.65. The largest absolute Gasteiger partial charge is 0.477 e. The SMILES string of the molecule is CC1CCc2c(N3CC[C@@H](C4(NC(=O)OC(C)(C)C)CC4)C3)c(F)cc3cc(C(=O)O)c(=O)n1c23. The number of halogens is 1. The number of pyridine rings is 1. The molecule has 1 saturated carbocycles. The van der Waals surface area contributed by atoms with Crippen LogP contribution < -0.4 is 15.8 Å². The monoisotopic (exact) mass is 485 g/mol. The summed E-state index contributed by atoms with van der Waals surface area (Å²) >= 11 is 0. The maximum atomic E-state index is 15.6. The van der Waals surface area contributed by atoms with Gasteiger partial charge in [0.05, 0.1) is 11.2 Å². The fraction of sp³-hybridized carbons (Fsp3) is 0.577. The molecule has 2 N–H and O–H groups in total.